The van der Waals surface area contributed by atoms with E-state index in [2.05, 4.69) is 0 Å². The van der Waals surface area contributed by atoms with Crippen molar-refractivity contribution in [2.75, 3.05) is 19.6 Å². The Morgan fingerprint density at radius 2 is 1.90 bits per heavy atom. The molecule has 2 atom stereocenters. The number of carbonyl (C=O) groups excluding carboxylic acids is 3. The fourth-order valence-electron chi connectivity index (χ4n) is 3.73. The minimum absolute atomic E-state index is 0.00546. The first-order valence-electron chi connectivity index (χ1n) is 7.64. The van der Waals surface area contributed by atoms with Crippen LogP contribution in [0.2, 0.25) is 0 Å². The smallest absolute Gasteiger partial charge is 0.240 e. The number of hydrogen-bond donors (Lipinski definition) is 1. The Kier molecular flexibility index (Phi) is 4.25. The van der Waals surface area contributed by atoms with Gasteiger partial charge in [-0.25, -0.2) is 0 Å². The number of amides is 3. The molecule has 0 aromatic carbocycles. The molecule has 1 unspecified atom stereocenters. The monoisotopic (exact) mass is 295 g/mol. The predicted molar refractivity (Wildman–Crippen MR) is 78.1 cm³/mol. The fraction of sp³-hybridized carbons (Fsp3) is 0.800. The second-order valence-corrected chi connectivity index (χ2v) is 6.66. The van der Waals surface area contributed by atoms with E-state index in [1.54, 1.807) is 9.80 Å². The lowest BCUT2D eigenvalue weighted by Crippen LogP contribution is -2.53. The van der Waals surface area contributed by atoms with Gasteiger partial charge in [0.25, 0.3) is 0 Å². The van der Waals surface area contributed by atoms with E-state index in [0.717, 1.165) is 12.8 Å². The Hall–Kier alpha value is -1.59. The van der Waals surface area contributed by atoms with Crippen LogP contribution in [0.3, 0.4) is 0 Å². The van der Waals surface area contributed by atoms with Gasteiger partial charge in [-0.2, -0.15) is 0 Å². The van der Waals surface area contributed by atoms with Crippen molar-refractivity contribution < 1.29 is 14.4 Å². The fourth-order valence-corrected chi connectivity index (χ4v) is 3.73. The molecule has 1 spiro atoms. The first-order valence-corrected chi connectivity index (χ1v) is 7.64. The lowest BCUT2D eigenvalue weighted by Gasteiger charge is -2.39. The van der Waals surface area contributed by atoms with Crippen LogP contribution in [-0.2, 0) is 14.4 Å². The average molecular weight is 295 g/mol. The normalized spacial score (nSPS) is 27.5. The van der Waals surface area contributed by atoms with Crippen molar-refractivity contribution in [1.29, 1.82) is 0 Å². The van der Waals surface area contributed by atoms with Gasteiger partial charge in [0.05, 0.1) is 5.41 Å². The summed E-state index contributed by atoms with van der Waals surface area (Å²) in [5, 5.41) is 0. The van der Waals surface area contributed by atoms with Gasteiger partial charge in [-0.05, 0) is 25.2 Å². The summed E-state index contributed by atoms with van der Waals surface area (Å²) in [6, 6.07) is -0.551. The highest BCUT2D eigenvalue weighted by atomic mass is 16.2. The van der Waals surface area contributed by atoms with Crippen molar-refractivity contribution in [3.05, 3.63) is 0 Å². The van der Waals surface area contributed by atoms with Crippen molar-refractivity contribution >= 4 is 17.7 Å². The van der Waals surface area contributed by atoms with Crippen molar-refractivity contribution in [2.45, 2.75) is 46.1 Å². The largest absolute Gasteiger partial charge is 0.368 e. The summed E-state index contributed by atoms with van der Waals surface area (Å²) in [5.74, 6) is -0.453. The zero-order chi connectivity index (χ0) is 15.8. The summed E-state index contributed by atoms with van der Waals surface area (Å²) in [4.78, 5) is 39.6. The summed E-state index contributed by atoms with van der Waals surface area (Å²) in [7, 11) is 0. The van der Waals surface area contributed by atoms with Gasteiger partial charge in [0.2, 0.25) is 17.7 Å². The Morgan fingerprint density at radius 1 is 1.24 bits per heavy atom. The van der Waals surface area contributed by atoms with Crippen LogP contribution in [-0.4, -0.2) is 53.2 Å². The molecule has 21 heavy (non-hydrogen) atoms. The SMILES string of the molecule is CC(=O)N1CCCC2(CCN([C@H](C(N)=O)C(C)C)C2=O)C1. The maximum absolute atomic E-state index is 12.9. The third-order valence-electron chi connectivity index (χ3n) is 4.83. The molecule has 0 aromatic heterocycles. The molecular weight excluding hydrogens is 270 g/mol. The summed E-state index contributed by atoms with van der Waals surface area (Å²) in [6.07, 6.45) is 2.32. The van der Waals surface area contributed by atoms with Crippen LogP contribution in [0.1, 0.15) is 40.0 Å². The number of nitrogens with two attached hydrogens (primary N) is 1. The van der Waals surface area contributed by atoms with Gasteiger partial charge in [0, 0.05) is 26.6 Å². The van der Waals surface area contributed by atoms with Gasteiger partial charge in [-0.3, -0.25) is 14.4 Å². The number of carbonyl (C=O) groups is 3. The zero-order valence-corrected chi connectivity index (χ0v) is 13.1. The average Bonchev–Trinajstić information content (AvgIpc) is 2.68. The number of likely N-dealkylation sites (tertiary alicyclic amines) is 2. The molecule has 0 saturated carbocycles. The highest BCUT2D eigenvalue weighted by Crippen LogP contribution is 2.41. The first-order chi connectivity index (χ1) is 9.78. The topological polar surface area (TPSA) is 83.7 Å². The van der Waals surface area contributed by atoms with Crippen LogP contribution >= 0.6 is 0 Å². The van der Waals surface area contributed by atoms with Crippen molar-refractivity contribution in [3.8, 4) is 0 Å². The Balaban J connectivity index is 2.20. The van der Waals surface area contributed by atoms with Crippen LogP contribution in [0, 0.1) is 11.3 Å². The Labute approximate surface area is 125 Å². The molecule has 2 fully saturated rings. The molecule has 6 nitrogen and oxygen atoms in total. The summed E-state index contributed by atoms with van der Waals surface area (Å²) < 4.78 is 0. The molecule has 0 bridgehead atoms. The van der Waals surface area contributed by atoms with E-state index in [9.17, 15) is 14.4 Å². The molecule has 2 saturated heterocycles. The third kappa shape index (κ3) is 2.76. The minimum Gasteiger partial charge on any atom is -0.368 e. The van der Waals surface area contributed by atoms with Gasteiger partial charge in [0.15, 0.2) is 0 Å². The van der Waals surface area contributed by atoms with Crippen LogP contribution in [0.15, 0.2) is 0 Å². The number of rotatable bonds is 3. The van der Waals surface area contributed by atoms with E-state index in [1.165, 1.54) is 6.92 Å². The summed E-state index contributed by atoms with van der Waals surface area (Å²) in [6.45, 7) is 7.08. The minimum atomic E-state index is -0.551. The van der Waals surface area contributed by atoms with E-state index in [1.807, 2.05) is 13.8 Å². The standard InChI is InChI=1S/C15H25N3O3/c1-10(2)12(13(16)20)18-8-6-15(14(18)21)5-4-7-17(9-15)11(3)19/h10,12H,4-9H2,1-3H3,(H2,16,20)/t12-,15?/m0/s1. The quantitative estimate of drug-likeness (QED) is 0.816. The van der Waals surface area contributed by atoms with Crippen LogP contribution in [0.4, 0.5) is 0 Å². The molecule has 2 heterocycles. The molecule has 2 aliphatic heterocycles. The highest BCUT2D eigenvalue weighted by molar-refractivity contribution is 5.91. The van der Waals surface area contributed by atoms with Crippen molar-refractivity contribution in [3.63, 3.8) is 0 Å². The molecule has 0 aromatic rings. The van der Waals surface area contributed by atoms with Crippen LogP contribution < -0.4 is 5.73 Å². The van der Waals surface area contributed by atoms with E-state index >= 15 is 0 Å². The second kappa shape index (κ2) is 5.66. The molecule has 2 aliphatic rings. The molecule has 0 radical (unpaired) electrons. The van der Waals surface area contributed by atoms with E-state index in [0.29, 0.717) is 26.1 Å². The van der Waals surface area contributed by atoms with Gasteiger partial charge in [0.1, 0.15) is 6.04 Å². The molecule has 6 heteroatoms. The number of nitrogens with zero attached hydrogens (tertiary/aromatic N) is 2. The van der Waals surface area contributed by atoms with Gasteiger partial charge in [-0.1, -0.05) is 13.8 Å². The predicted octanol–water partition coefficient (Wildman–Crippen LogP) is 0.357. The molecular formula is C15H25N3O3. The molecule has 2 rings (SSSR count). The lowest BCUT2D eigenvalue weighted by molar-refractivity contribution is -0.147. The molecule has 118 valence electrons. The summed E-state index contributed by atoms with van der Waals surface area (Å²) >= 11 is 0. The third-order valence-corrected chi connectivity index (χ3v) is 4.83. The Morgan fingerprint density at radius 3 is 2.43 bits per heavy atom. The number of primary amides is 1. The maximum Gasteiger partial charge on any atom is 0.240 e. The van der Waals surface area contributed by atoms with Gasteiger partial charge >= 0.3 is 0 Å². The van der Waals surface area contributed by atoms with Gasteiger partial charge < -0.3 is 15.5 Å². The van der Waals surface area contributed by atoms with E-state index in [-0.39, 0.29) is 17.7 Å². The van der Waals surface area contributed by atoms with Crippen LogP contribution in [0.25, 0.3) is 0 Å². The lowest BCUT2D eigenvalue weighted by atomic mass is 9.78. The first kappa shape index (κ1) is 15.8. The van der Waals surface area contributed by atoms with Gasteiger partial charge in [-0.15, -0.1) is 0 Å². The molecule has 3 amide bonds. The zero-order valence-electron chi connectivity index (χ0n) is 13.1. The van der Waals surface area contributed by atoms with Crippen molar-refractivity contribution in [1.82, 2.24) is 9.80 Å². The maximum atomic E-state index is 12.9. The van der Waals surface area contributed by atoms with E-state index in [4.69, 9.17) is 5.73 Å². The number of piperidine rings is 1. The van der Waals surface area contributed by atoms with Crippen LogP contribution in [0.5, 0.6) is 0 Å². The summed E-state index contributed by atoms with van der Waals surface area (Å²) in [5.41, 5.74) is 4.97. The molecule has 0 aliphatic carbocycles. The number of hydrogen-bond acceptors (Lipinski definition) is 3. The highest BCUT2D eigenvalue weighted by Gasteiger charge is 2.51. The van der Waals surface area contributed by atoms with E-state index < -0.39 is 17.4 Å². The van der Waals surface area contributed by atoms with Crippen molar-refractivity contribution in [2.24, 2.45) is 17.1 Å². The second-order valence-electron chi connectivity index (χ2n) is 6.66. The Bertz CT molecular complexity index is 463. The molecule has 2 N–H and O–H groups in total.